The zero-order valence-corrected chi connectivity index (χ0v) is 15.0. The quantitative estimate of drug-likeness (QED) is 0.797. The third kappa shape index (κ3) is 4.13. The summed E-state index contributed by atoms with van der Waals surface area (Å²) in [6.07, 6.45) is 4.98. The van der Waals surface area contributed by atoms with E-state index in [1.165, 1.54) is 0 Å². The molecular weight excluding hydrogens is 366 g/mol. The van der Waals surface area contributed by atoms with Crippen molar-refractivity contribution in [3.63, 3.8) is 0 Å². The number of hydrogen-bond acceptors (Lipinski definition) is 2. The van der Waals surface area contributed by atoms with Crippen molar-refractivity contribution >= 4 is 27.9 Å². The molecule has 3 nitrogen and oxygen atoms in total. The Morgan fingerprint density at radius 1 is 1.08 bits per heavy atom. The van der Waals surface area contributed by atoms with Crippen LogP contribution in [0.3, 0.4) is 0 Å². The second-order valence-electron chi connectivity index (χ2n) is 5.94. The predicted molar refractivity (Wildman–Crippen MR) is 99.5 cm³/mol. The molecule has 1 amide bonds. The van der Waals surface area contributed by atoms with Crippen molar-refractivity contribution in [2.24, 2.45) is 0 Å². The van der Waals surface area contributed by atoms with Gasteiger partial charge in [0.05, 0.1) is 5.54 Å². The normalized spacial score (nSPS) is 16.9. The van der Waals surface area contributed by atoms with Gasteiger partial charge in [-0.05, 0) is 42.2 Å². The lowest BCUT2D eigenvalue weighted by atomic mass is 9.82. The van der Waals surface area contributed by atoms with Crippen molar-refractivity contribution in [3.8, 4) is 0 Å². The van der Waals surface area contributed by atoms with Crippen LogP contribution in [0.2, 0.25) is 0 Å². The summed E-state index contributed by atoms with van der Waals surface area (Å²) in [7, 11) is 0. The number of hydrogen-bond donors (Lipinski definition) is 1. The maximum Gasteiger partial charge on any atom is 0.244 e. The second-order valence-corrected chi connectivity index (χ2v) is 6.85. The zero-order valence-electron chi connectivity index (χ0n) is 13.4. The molecule has 3 rings (SSSR count). The van der Waals surface area contributed by atoms with Gasteiger partial charge in [0.1, 0.15) is 0 Å². The van der Waals surface area contributed by atoms with Gasteiger partial charge in [0.15, 0.2) is 0 Å². The number of benzene rings is 2. The first kappa shape index (κ1) is 16.9. The number of carbonyl (C=O) groups is 1. The molecular formula is C20H20BrNO2. The molecule has 1 heterocycles. The van der Waals surface area contributed by atoms with Gasteiger partial charge in [0, 0.05) is 23.8 Å². The SMILES string of the molecule is O=C(/C=C/c1ccccc1)NC1(c2cccc(Br)c2)CCOCC1. The summed E-state index contributed by atoms with van der Waals surface area (Å²) in [6, 6.07) is 18.0. The molecule has 0 radical (unpaired) electrons. The fourth-order valence-electron chi connectivity index (χ4n) is 3.01. The van der Waals surface area contributed by atoms with Crippen molar-refractivity contribution in [1.82, 2.24) is 5.32 Å². The molecule has 24 heavy (non-hydrogen) atoms. The Bertz CT molecular complexity index is 721. The molecule has 1 aliphatic heterocycles. The van der Waals surface area contributed by atoms with Gasteiger partial charge in [0.2, 0.25) is 5.91 Å². The van der Waals surface area contributed by atoms with Crippen molar-refractivity contribution in [1.29, 1.82) is 0 Å². The second kappa shape index (κ2) is 7.77. The highest BCUT2D eigenvalue weighted by molar-refractivity contribution is 9.10. The Kier molecular flexibility index (Phi) is 5.48. The van der Waals surface area contributed by atoms with Crippen LogP contribution in [0.5, 0.6) is 0 Å². The third-order valence-corrected chi connectivity index (χ3v) is 4.81. The lowest BCUT2D eigenvalue weighted by Crippen LogP contribution is -2.49. The lowest BCUT2D eigenvalue weighted by molar-refractivity contribution is -0.119. The average molecular weight is 386 g/mol. The van der Waals surface area contributed by atoms with E-state index < -0.39 is 0 Å². The molecule has 2 aromatic rings. The number of halogens is 1. The van der Waals surface area contributed by atoms with Crippen LogP contribution < -0.4 is 5.32 Å². The number of ether oxygens (including phenoxy) is 1. The summed E-state index contributed by atoms with van der Waals surface area (Å²) in [5, 5.41) is 3.22. The first-order valence-electron chi connectivity index (χ1n) is 8.07. The fourth-order valence-corrected chi connectivity index (χ4v) is 3.40. The Morgan fingerprint density at radius 2 is 1.83 bits per heavy atom. The summed E-state index contributed by atoms with van der Waals surface area (Å²) >= 11 is 3.52. The number of nitrogens with one attached hydrogen (secondary N) is 1. The molecule has 0 bridgehead atoms. The maximum atomic E-state index is 12.5. The Balaban J connectivity index is 1.79. The molecule has 1 fully saturated rings. The molecule has 0 atom stereocenters. The topological polar surface area (TPSA) is 38.3 Å². The van der Waals surface area contributed by atoms with Crippen molar-refractivity contribution in [2.45, 2.75) is 18.4 Å². The van der Waals surface area contributed by atoms with Gasteiger partial charge < -0.3 is 10.1 Å². The van der Waals surface area contributed by atoms with Crippen LogP contribution in [0.4, 0.5) is 0 Å². The summed E-state index contributed by atoms with van der Waals surface area (Å²) in [5.41, 5.74) is 1.75. The number of rotatable bonds is 4. The molecule has 2 aromatic carbocycles. The molecule has 0 spiro atoms. The van der Waals surface area contributed by atoms with E-state index in [-0.39, 0.29) is 11.4 Å². The summed E-state index contributed by atoms with van der Waals surface area (Å²) < 4.78 is 6.52. The summed E-state index contributed by atoms with van der Waals surface area (Å²) in [5.74, 6) is -0.0827. The van der Waals surface area contributed by atoms with Crippen LogP contribution in [-0.4, -0.2) is 19.1 Å². The highest BCUT2D eigenvalue weighted by Crippen LogP contribution is 2.33. The van der Waals surface area contributed by atoms with Crippen LogP contribution in [-0.2, 0) is 15.1 Å². The monoisotopic (exact) mass is 385 g/mol. The molecule has 1 aliphatic rings. The van der Waals surface area contributed by atoms with E-state index in [2.05, 4.69) is 33.4 Å². The zero-order chi connectivity index (χ0) is 16.8. The van der Waals surface area contributed by atoms with Gasteiger partial charge in [-0.2, -0.15) is 0 Å². The van der Waals surface area contributed by atoms with Crippen molar-refractivity contribution in [2.75, 3.05) is 13.2 Å². The minimum atomic E-state index is -0.375. The van der Waals surface area contributed by atoms with Gasteiger partial charge in [0.25, 0.3) is 0 Å². The number of amides is 1. The van der Waals surface area contributed by atoms with Gasteiger partial charge in [-0.1, -0.05) is 58.4 Å². The van der Waals surface area contributed by atoms with Gasteiger partial charge in [-0.3, -0.25) is 4.79 Å². The molecule has 0 saturated carbocycles. The van der Waals surface area contributed by atoms with Crippen LogP contribution in [0.25, 0.3) is 6.08 Å². The molecule has 124 valence electrons. The van der Waals surface area contributed by atoms with Gasteiger partial charge >= 0.3 is 0 Å². The lowest BCUT2D eigenvalue weighted by Gasteiger charge is -2.38. The summed E-state index contributed by atoms with van der Waals surface area (Å²) in [4.78, 5) is 12.5. The first-order chi connectivity index (χ1) is 11.7. The molecule has 1 N–H and O–H groups in total. The average Bonchev–Trinajstić information content (AvgIpc) is 2.62. The van der Waals surface area contributed by atoms with Crippen LogP contribution in [0.1, 0.15) is 24.0 Å². The van der Waals surface area contributed by atoms with E-state index in [1.54, 1.807) is 6.08 Å². The van der Waals surface area contributed by atoms with E-state index >= 15 is 0 Å². The Morgan fingerprint density at radius 3 is 2.54 bits per heavy atom. The molecule has 0 aromatic heterocycles. The van der Waals surface area contributed by atoms with E-state index in [4.69, 9.17) is 4.74 Å². The minimum Gasteiger partial charge on any atom is -0.381 e. The smallest absolute Gasteiger partial charge is 0.244 e. The standard InChI is InChI=1S/C20H20BrNO2/c21-18-8-4-7-17(15-18)20(11-13-24-14-12-20)22-19(23)10-9-16-5-2-1-3-6-16/h1-10,15H,11-14H2,(H,22,23)/b10-9+. The van der Waals surface area contributed by atoms with Crippen LogP contribution in [0, 0.1) is 0 Å². The Labute approximate surface area is 150 Å². The number of carbonyl (C=O) groups excluding carboxylic acids is 1. The molecule has 0 aliphatic carbocycles. The minimum absolute atomic E-state index is 0.0827. The molecule has 1 saturated heterocycles. The molecule has 4 heteroatoms. The van der Waals surface area contributed by atoms with Crippen LogP contribution >= 0.6 is 15.9 Å². The van der Waals surface area contributed by atoms with Crippen LogP contribution in [0.15, 0.2) is 65.1 Å². The van der Waals surface area contributed by atoms with E-state index in [0.717, 1.165) is 28.4 Å². The third-order valence-electron chi connectivity index (χ3n) is 4.31. The van der Waals surface area contributed by atoms with Crippen molar-refractivity contribution in [3.05, 3.63) is 76.3 Å². The van der Waals surface area contributed by atoms with E-state index in [0.29, 0.717) is 13.2 Å². The fraction of sp³-hybridized carbons (Fsp3) is 0.250. The van der Waals surface area contributed by atoms with Gasteiger partial charge in [-0.15, -0.1) is 0 Å². The highest BCUT2D eigenvalue weighted by atomic mass is 79.9. The first-order valence-corrected chi connectivity index (χ1v) is 8.86. The Hall–Kier alpha value is -1.91. The highest BCUT2D eigenvalue weighted by Gasteiger charge is 2.35. The van der Waals surface area contributed by atoms with E-state index in [1.807, 2.05) is 48.5 Å². The van der Waals surface area contributed by atoms with E-state index in [9.17, 15) is 4.79 Å². The summed E-state index contributed by atoms with van der Waals surface area (Å²) in [6.45, 7) is 1.30. The molecule has 0 unspecified atom stereocenters. The maximum absolute atomic E-state index is 12.5. The van der Waals surface area contributed by atoms with Gasteiger partial charge in [-0.25, -0.2) is 0 Å². The predicted octanol–water partition coefficient (Wildman–Crippen LogP) is 4.28. The largest absolute Gasteiger partial charge is 0.381 e. The van der Waals surface area contributed by atoms with Crippen molar-refractivity contribution < 1.29 is 9.53 Å².